The van der Waals surface area contributed by atoms with E-state index in [2.05, 4.69) is 25.0 Å². The third-order valence-corrected chi connectivity index (χ3v) is 5.65. The number of alkyl halides is 3. The Morgan fingerprint density at radius 2 is 1.69 bits per heavy atom. The molecule has 1 aliphatic carbocycles. The molecule has 2 aliphatic rings. The summed E-state index contributed by atoms with van der Waals surface area (Å²) in [5.74, 6) is 0.303. The van der Waals surface area contributed by atoms with Gasteiger partial charge in [0, 0.05) is 38.6 Å². The minimum atomic E-state index is -3.90. The van der Waals surface area contributed by atoms with Crippen LogP contribution in [0.3, 0.4) is 0 Å². The van der Waals surface area contributed by atoms with Crippen LogP contribution in [0.1, 0.15) is 55.2 Å². The van der Waals surface area contributed by atoms with Gasteiger partial charge in [0.1, 0.15) is 11.3 Å². The zero-order valence-corrected chi connectivity index (χ0v) is 18.6. The quantitative estimate of drug-likeness (QED) is 0.535. The average molecular weight is 451 g/mol. The Morgan fingerprint density at radius 1 is 1.00 bits per heavy atom. The molecule has 2 fully saturated rings. The molecule has 1 saturated carbocycles. The monoisotopic (exact) mass is 450 g/mol. The summed E-state index contributed by atoms with van der Waals surface area (Å²) in [6.45, 7) is 5.50. The predicted molar refractivity (Wildman–Crippen MR) is 114 cm³/mol. The molecular formula is C22H29F3N6O. The molecule has 0 N–H and O–H groups in total. The largest absolute Gasteiger partial charge is 0.391 e. The Bertz CT molecular complexity index is 983. The van der Waals surface area contributed by atoms with Crippen molar-refractivity contribution >= 4 is 11.2 Å². The van der Waals surface area contributed by atoms with Crippen molar-refractivity contribution in [3.63, 3.8) is 0 Å². The van der Waals surface area contributed by atoms with Crippen molar-refractivity contribution in [2.75, 3.05) is 13.2 Å². The van der Waals surface area contributed by atoms with E-state index in [0.717, 1.165) is 55.2 Å². The zero-order valence-electron chi connectivity index (χ0n) is 18.6. The zero-order chi connectivity index (χ0) is 23.1. The summed E-state index contributed by atoms with van der Waals surface area (Å²) in [7, 11) is 1.89. The van der Waals surface area contributed by atoms with Crippen molar-refractivity contribution in [3.05, 3.63) is 41.9 Å². The van der Waals surface area contributed by atoms with Crippen molar-refractivity contribution in [1.82, 2.24) is 29.7 Å². The minimum Gasteiger partial charge on any atom is -0.381 e. The molecule has 3 aromatic heterocycles. The van der Waals surface area contributed by atoms with Gasteiger partial charge in [0.2, 0.25) is 0 Å². The Kier molecular flexibility index (Phi) is 8.11. The molecule has 0 aromatic carbocycles. The first-order valence-corrected chi connectivity index (χ1v) is 10.8. The first-order chi connectivity index (χ1) is 15.2. The normalized spacial score (nSPS) is 17.1. The van der Waals surface area contributed by atoms with E-state index < -0.39 is 12.1 Å². The summed E-state index contributed by atoms with van der Waals surface area (Å²) < 4.78 is 41.6. The van der Waals surface area contributed by atoms with E-state index in [0.29, 0.717) is 24.4 Å². The van der Waals surface area contributed by atoms with Gasteiger partial charge in [0.15, 0.2) is 5.65 Å². The van der Waals surface area contributed by atoms with Crippen molar-refractivity contribution in [2.45, 2.75) is 58.0 Å². The van der Waals surface area contributed by atoms with E-state index in [1.165, 1.54) is 0 Å². The highest BCUT2D eigenvalue weighted by molar-refractivity contribution is 5.68. The van der Waals surface area contributed by atoms with Gasteiger partial charge in [-0.15, -0.1) is 0 Å². The summed E-state index contributed by atoms with van der Waals surface area (Å²) in [4.78, 5) is 17.9. The highest BCUT2D eigenvalue weighted by Gasteiger charge is 2.42. The molecule has 1 saturated heterocycles. The van der Waals surface area contributed by atoms with Crippen LogP contribution in [-0.2, 0) is 11.8 Å². The molecule has 7 nitrogen and oxygen atoms in total. The van der Waals surface area contributed by atoms with Crippen molar-refractivity contribution < 1.29 is 17.9 Å². The lowest BCUT2D eigenvalue weighted by Crippen LogP contribution is -2.28. The number of ether oxygens (including phenoxy) is 1. The van der Waals surface area contributed by atoms with Crippen LogP contribution in [0, 0.1) is 19.8 Å². The maximum Gasteiger partial charge on any atom is 0.391 e. The molecule has 5 rings (SSSR count). The van der Waals surface area contributed by atoms with Crippen LogP contribution in [-0.4, -0.2) is 49.1 Å². The number of rotatable bonds is 1. The molecule has 4 heterocycles. The summed E-state index contributed by atoms with van der Waals surface area (Å²) in [6.07, 6.45) is 4.95. The van der Waals surface area contributed by atoms with E-state index in [4.69, 9.17) is 4.74 Å². The van der Waals surface area contributed by atoms with Gasteiger partial charge in [-0.25, -0.2) is 19.9 Å². The third kappa shape index (κ3) is 6.69. The summed E-state index contributed by atoms with van der Waals surface area (Å²) in [5, 5.41) is 3.83. The first-order valence-electron chi connectivity index (χ1n) is 10.8. The van der Waals surface area contributed by atoms with Gasteiger partial charge in [-0.1, -0.05) is 6.42 Å². The molecule has 0 radical (unpaired) electrons. The number of nitrogens with zero attached hydrogens (tertiary/aromatic N) is 6. The lowest BCUT2D eigenvalue weighted by molar-refractivity contribution is -0.193. The molecule has 32 heavy (non-hydrogen) atoms. The SMILES string of the molecule is Cc1nc2cnc(C3CCOCC3)nc2nc1C.Cn1cccn1.FC(F)(F)C1CCC1. The fraction of sp³-hybridized carbons (Fsp3) is 0.591. The van der Waals surface area contributed by atoms with E-state index >= 15 is 0 Å². The van der Waals surface area contributed by atoms with Gasteiger partial charge in [-0.3, -0.25) is 4.68 Å². The topological polar surface area (TPSA) is 78.6 Å². The molecule has 174 valence electrons. The smallest absolute Gasteiger partial charge is 0.381 e. The van der Waals surface area contributed by atoms with Crippen molar-refractivity contribution in [2.24, 2.45) is 13.0 Å². The van der Waals surface area contributed by atoms with Gasteiger partial charge in [0.25, 0.3) is 0 Å². The second-order valence-electron chi connectivity index (χ2n) is 8.07. The van der Waals surface area contributed by atoms with E-state index in [1.54, 1.807) is 17.1 Å². The third-order valence-electron chi connectivity index (χ3n) is 5.65. The van der Waals surface area contributed by atoms with Gasteiger partial charge in [-0.2, -0.15) is 18.3 Å². The van der Waals surface area contributed by atoms with E-state index in [1.807, 2.05) is 33.2 Å². The minimum absolute atomic E-state index is 0.351. The number of hydrogen-bond acceptors (Lipinski definition) is 6. The number of halogens is 3. The average Bonchev–Trinajstić information content (AvgIpc) is 3.19. The molecule has 0 atom stereocenters. The Morgan fingerprint density at radius 3 is 2.16 bits per heavy atom. The summed E-state index contributed by atoms with van der Waals surface area (Å²) in [5.41, 5.74) is 3.34. The maximum absolute atomic E-state index is 11.5. The van der Waals surface area contributed by atoms with Crippen LogP contribution in [0.2, 0.25) is 0 Å². The fourth-order valence-electron chi connectivity index (χ4n) is 3.28. The predicted octanol–water partition coefficient (Wildman–Crippen LogP) is 4.70. The fourth-order valence-corrected chi connectivity index (χ4v) is 3.28. The molecule has 0 unspecified atom stereocenters. The van der Waals surface area contributed by atoms with E-state index in [-0.39, 0.29) is 0 Å². The van der Waals surface area contributed by atoms with Crippen LogP contribution in [0.25, 0.3) is 11.2 Å². The molecule has 10 heteroatoms. The Balaban J connectivity index is 0.000000169. The lowest BCUT2D eigenvalue weighted by Gasteiger charge is -2.27. The molecule has 0 amide bonds. The second kappa shape index (κ2) is 10.8. The van der Waals surface area contributed by atoms with Crippen LogP contribution >= 0.6 is 0 Å². The Hall–Kier alpha value is -2.62. The molecule has 1 aliphatic heterocycles. The van der Waals surface area contributed by atoms with Gasteiger partial charge >= 0.3 is 6.18 Å². The standard InChI is InChI=1S/C13H16N4O.C5H7F3.C4H6N2/c1-8-9(2)16-13-11(15-8)7-14-12(17-13)10-3-5-18-6-4-10;6-5(7,8)4-2-1-3-4;1-6-4-2-3-5-6/h7,10H,3-6H2,1-2H3;4H,1-3H2;2-4H,1H3. The van der Waals surface area contributed by atoms with E-state index in [9.17, 15) is 13.2 Å². The molecule has 3 aromatic rings. The summed E-state index contributed by atoms with van der Waals surface area (Å²) >= 11 is 0. The molecule has 0 bridgehead atoms. The van der Waals surface area contributed by atoms with Crippen LogP contribution in [0.4, 0.5) is 13.2 Å². The second-order valence-corrected chi connectivity index (χ2v) is 8.07. The molecular weight excluding hydrogens is 421 g/mol. The number of aromatic nitrogens is 6. The Labute approximate surface area is 185 Å². The van der Waals surface area contributed by atoms with Gasteiger partial charge in [-0.05, 0) is 45.6 Å². The summed E-state index contributed by atoms with van der Waals surface area (Å²) in [6, 6.07) is 1.89. The highest BCUT2D eigenvalue weighted by Crippen LogP contribution is 2.40. The van der Waals surface area contributed by atoms with Gasteiger partial charge in [0.05, 0.1) is 23.5 Å². The van der Waals surface area contributed by atoms with Crippen molar-refractivity contribution in [3.8, 4) is 0 Å². The molecule has 0 spiro atoms. The van der Waals surface area contributed by atoms with Crippen molar-refractivity contribution in [1.29, 1.82) is 0 Å². The maximum atomic E-state index is 11.5. The van der Waals surface area contributed by atoms with Crippen LogP contribution in [0.15, 0.2) is 24.7 Å². The van der Waals surface area contributed by atoms with Crippen LogP contribution < -0.4 is 0 Å². The number of hydrogen-bond donors (Lipinski definition) is 0. The lowest BCUT2D eigenvalue weighted by atomic mass is 9.85. The highest BCUT2D eigenvalue weighted by atomic mass is 19.4. The first kappa shape index (κ1) is 24.0. The number of aryl methyl sites for hydroxylation is 3. The number of fused-ring (bicyclic) bond motifs is 1. The van der Waals surface area contributed by atoms with Crippen LogP contribution in [0.5, 0.6) is 0 Å². The van der Waals surface area contributed by atoms with Gasteiger partial charge < -0.3 is 4.74 Å².